The number of aromatic nitrogens is 1. The Morgan fingerprint density at radius 1 is 1.16 bits per heavy atom. The van der Waals surface area contributed by atoms with Gasteiger partial charge in [-0.2, -0.15) is 0 Å². The Morgan fingerprint density at radius 2 is 1.89 bits per heavy atom. The predicted octanol–water partition coefficient (Wildman–Crippen LogP) is 2.43. The third-order valence-electron chi connectivity index (χ3n) is 3.59. The molecule has 4 nitrogen and oxygen atoms in total. The van der Waals surface area contributed by atoms with Crippen LogP contribution in [0.5, 0.6) is 0 Å². The van der Waals surface area contributed by atoms with E-state index in [4.69, 9.17) is 10.5 Å². The van der Waals surface area contributed by atoms with Crippen molar-refractivity contribution in [2.45, 2.75) is 26.1 Å². The Balaban J connectivity index is 2.07. The summed E-state index contributed by atoms with van der Waals surface area (Å²) in [6, 6.07) is 6.10. The van der Waals surface area contributed by atoms with Crippen LogP contribution in [0.15, 0.2) is 30.6 Å². The number of fused-ring (bicyclic) bond motifs is 1. The minimum absolute atomic E-state index is 0.248. The molecular formula is C15H19N3O. The van der Waals surface area contributed by atoms with Crippen LogP contribution in [0.4, 0.5) is 11.4 Å². The van der Waals surface area contributed by atoms with Gasteiger partial charge >= 0.3 is 0 Å². The second-order valence-electron chi connectivity index (χ2n) is 5.26. The molecule has 19 heavy (non-hydrogen) atoms. The van der Waals surface area contributed by atoms with Crippen molar-refractivity contribution in [3.8, 4) is 0 Å². The summed E-state index contributed by atoms with van der Waals surface area (Å²) in [7, 11) is 0. The molecule has 0 bridgehead atoms. The normalized spacial score (nSPS) is 23.8. The number of benzene rings is 1. The quantitative estimate of drug-likeness (QED) is 0.797. The van der Waals surface area contributed by atoms with Crippen LogP contribution in [0.3, 0.4) is 0 Å². The highest BCUT2D eigenvalue weighted by molar-refractivity contribution is 6.00. The van der Waals surface area contributed by atoms with Crippen LogP contribution in [0.2, 0.25) is 0 Å². The van der Waals surface area contributed by atoms with Crippen LogP contribution in [0, 0.1) is 0 Å². The van der Waals surface area contributed by atoms with Gasteiger partial charge < -0.3 is 15.4 Å². The highest BCUT2D eigenvalue weighted by atomic mass is 16.5. The van der Waals surface area contributed by atoms with Crippen LogP contribution < -0.4 is 10.6 Å². The van der Waals surface area contributed by atoms with E-state index in [0.29, 0.717) is 0 Å². The van der Waals surface area contributed by atoms with Gasteiger partial charge in [0.2, 0.25) is 0 Å². The van der Waals surface area contributed by atoms with Crippen LogP contribution in [-0.2, 0) is 4.74 Å². The molecule has 1 aliphatic rings. The number of pyridine rings is 1. The molecule has 0 radical (unpaired) electrons. The first-order chi connectivity index (χ1) is 9.15. The molecule has 100 valence electrons. The van der Waals surface area contributed by atoms with Crippen molar-refractivity contribution in [1.82, 2.24) is 4.98 Å². The van der Waals surface area contributed by atoms with Crippen molar-refractivity contribution in [2.24, 2.45) is 0 Å². The van der Waals surface area contributed by atoms with Gasteiger partial charge in [0.15, 0.2) is 0 Å². The van der Waals surface area contributed by atoms with E-state index in [0.717, 1.165) is 29.5 Å². The van der Waals surface area contributed by atoms with Gasteiger partial charge in [-0.15, -0.1) is 0 Å². The minimum Gasteiger partial charge on any atom is -0.398 e. The van der Waals surface area contributed by atoms with E-state index in [1.54, 1.807) is 0 Å². The number of nitrogen functional groups attached to an aromatic ring is 1. The number of hydrogen-bond donors (Lipinski definition) is 1. The summed E-state index contributed by atoms with van der Waals surface area (Å²) in [6.45, 7) is 6.05. The lowest BCUT2D eigenvalue weighted by atomic mass is 10.1. The summed E-state index contributed by atoms with van der Waals surface area (Å²) in [6.07, 6.45) is 4.15. The Hall–Kier alpha value is -1.81. The van der Waals surface area contributed by atoms with E-state index in [2.05, 4.69) is 29.8 Å². The number of hydrogen-bond acceptors (Lipinski definition) is 4. The van der Waals surface area contributed by atoms with Gasteiger partial charge in [0.1, 0.15) is 0 Å². The van der Waals surface area contributed by atoms with Gasteiger partial charge in [0.25, 0.3) is 0 Å². The van der Waals surface area contributed by atoms with Crippen molar-refractivity contribution < 1.29 is 4.74 Å². The number of anilines is 2. The summed E-state index contributed by atoms with van der Waals surface area (Å²) < 4.78 is 5.79. The number of ether oxygens (including phenoxy) is 1. The van der Waals surface area contributed by atoms with E-state index in [1.807, 2.05) is 24.5 Å². The molecule has 1 aromatic carbocycles. The molecule has 0 spiro atoms. The molecule has 2 unspecified atom stereocenters. The number of nitrogens with two attached hydrogens (primary N) is 1. The van der Waals surface area contributed by atoms with Crippen LogP contribution in [0.25, 0.3) is 10.8 Å². The van der Waals surface area contributed by atoms with Crippen molar-refractivity contribution in [2.75, 3.05) is 23.7 Å². The van der Waals surface area contributed by atoms with Gasteiger partial charge in [-0.3, -0.25) is 4.98 Å². The predicted molar refractivity (Wildman–Crippen MR) is 78.4 cm³/mol. The fourth-order valence-corrected chi connectivity index (χ4v) is 2.85. The zero-order valence-electron chi connectivity index (χ0n) is 11.3. The van der Waals surface area contributed by atoms with Gasteiger partial charge in [-0.05, 0) is 32.0 Å². The molecule has 2 heterocycles. The standard InChI is InChI=1S/C15H19N3O/c1-10-8-18(9-11(2)19-10)15-4-3-14(16)13-7-17-6-5-12(13)15/h3-7,10-11H,8-9,16H2,1-2H3. The lowest BCUT2D eigenvalue weighted by Crippen LogP contribution is -2.45. The van der Waals surface area contributed by atoms with E-state index in [9.17, 15) is 0 Å². The van der Waals surface area contributed by atoms with Gasteiger partial charge in [-0.25, -0.2) is 0 Å². The van der Waals surface area contributed by atoms with Gasteiger partial charge in [0.05, 0.1) is 12.2 Å². The molecule has 2 atom stereocenters. The lowest BCUT2D eigenvalue weighted by molar-refractivity contribution is -0.00513. The van der Waals surface area contributed by atoms with Crippen molar-refractivity contribution in [3.63, 3.8) is 0 Å². The Bertz CT molecular complexity index is 589. The third kappa shape index (κ3) is 2.24. The van der Waals surface area contributed by atoms with E-state index in [-0.39, 0.29) is 12.2 Å². The van der Waals surface area contributed by atoms with Crippen LogP contribution in [0.1, 0.15) is 13.8 Å². The molecule has 4 heteroatoms. The maximum Gasteiger partial charge on any atom is 0.0726 e. The van der Waals surface area contributed by atoms with E-state index >= 15 is 0 Å². The highest BCUT2D eigenvalue weighted by Crippen LogP contribution is 2.31. The second kappa shape index (κ2) is 4.70. The van der Waals surface area contributed by atoms with Crippen molar-refractivity contribution in [3.05, 3.63) is 30.6 Å². The molecule has 3 rings (SSSR count). The Labute approximate surface area is 113 Å². The third-order valence-corrected chi connectivity index (χ3v) is 3.59. The Morgan fingerprint density at radius 3 is 2.63 bits per heavy atom. The lowest BCUT2D eigenvalue weighted by Gasteiger charge is -2.37. The Kier molecular flexibility index (Phi) is 3.03. The van der Waals surface area contributed by atoms with Crippen LogP contribution >= 0.6 is 0 Å². The zero-order chi connectivity index (χ0) is 13.4. The maximum atomic E-state index is 6.03. The molecule has 0 aliphatic carbocycles. The molecule has 0 amide bonds. The molecule has 1 fully saturated rings. The van der Waals surface area contributed by atoms with E-state index in [1.165, 1.54) is 5.69 Å². The summed E-state index contributed by atoms with van der Waals surface area (Å²) in [5, 5.41) is 2.18. The fraction of sp³-hybridized carbons (Fsp3) is 0.400. The molecule has 1 saturated heterocycles. The SMILES string of the molecule is CC1CN(c2ccc(N)c3cnccc23)CC(C)O1. The molecule has 1 aromatic heterocycles. The minimum atomic E-state index is 0.248. The summed E-state index contributed by atoms with van der Waals surface area (Å²) in [5.74, 6) is 0. The second-order valence-corrected chi connectivity index (χ2v) is 5.26. The van der Waals surface area contributed by atoms with Crippen LogP contribution in [-0.4, -0.2) is 30.3 Å². The van der Waals surface area contributed by atoms with Crippen molar-refractivity contribution >= 4 is 22.1 Å². The average Bonchev–Trinajstić information content (AvgIpc) is 2.38. The molecule has 0 saturated carbocycles. The summed E-state index contributed by atoms with van der Waals surface area (Å²) >= 11 is 0. The maximum absolute atomic E-state index is 6.03. The molecule has 2 aromatic rings. The summed E-state index contributed by atoms with van der Waals surface area (Å²) in [4.78, 5) is 6.54. The van der Waals surface area contributed by atoms with Gasteiger partial charge in [-0.1, -0.05) is 0 Å². The monoisotopic (exact) mass is 257 g/mol. The number of morpholine rings is 1. The number of nitrogens with zero attached hydrogens (tertiary/aromatic N) is 2. The highest BCUT2D eigenvalue weighted by Gasteiger charge is 2.23. The first-order valence-electron chi connectivity index (χ1n) is 6.68. The van der Waals surface area contributed by atoms with Gasteiger partial charge in [0, 0.05) is 47.6 Å². The zero-order valence-corrected chi connectivity index (χ0v) is 11.3. The molecule has 2 N–H and O–H groups in total. The average molecular weight is 257 g/mol. The fourth-order valence-electron chi connectivity index (χ4n) is 2.85. The van der Waals surface area contributed by atoms with E-state index < -0.39 is 0 Å². The summed E-state index contributed by atoms with van der Waals surface area (Å²) in [5.41, 5.74) is 8.02. The number of rotatable bonds is 1. The first kappa shape index (κ1) is 12.2. The first-order valence-corrected chi connectivity index (χ1v) is 6.68. The smallest absolute Gasteiger partial charge is 0.0726 e. The topological polar surface area (TPSA) is 51.4 Å². The largest absolute Gasteiger partial charge is 0.398 e. The molecule has 1 aliphatic heterocycles. The molecular weight excluding hydrogens is 238 g/mol. The van der Waals surface area contributed by atoms with Crippen molar-refractivity contribution in [1.29, 1.82) is 0 Å².